The predicted molar refractivity (Wildman–Crippen MR) is 102 cm³/mol. The molecule has 2 aromatic carbocycles. The van der Waals surface area contributed by atoms with Crippen LogP contribution in [0.4, 0.5) is 17.1 Å². The van der Waals surface area contributed by atoms with Gasteiger partial charge in [-0.25, -0.2) is 0 Å². The van der Waals surface area contributed by atoms with Gasteiger partial charge in [0.05, 0.1) is 28.7 Å². The fourth-order valence-electron chi connectivity index (χ4n) is 2.89. The Hall–Kier alpha value is -3.69. The largest absolute Gasteiger partial charge is 0.493 e. The molecule has 3 rings (SSSR count). The third kappa shape index (κ3) is 4.00. The van der Waals surface area contributed by atoms with E-state index in [1.54, 1.807) is 6.07 Å². The third-order valence-electron chi connectivity index (χ3n) is 4.11. The zero-order valence-electron chi connectivity index (χ0n) is 15.2. The lowest BCUT2D eigenvalue weighted by Crippen LogP contribution is -2.05. The second-order valence-corrected chi connectivity index (χ2v) is 6.15. The van der Waals surface area contributed by atoms with Crippen molar-refractivity contribution in [1.82, 2.24) is 0 Å². The van der Waals surface area contributed by atoms with E-state index in [1.165, 1.54) is 18.3 Å². The molecule has 2 aromatic rings. The molecule has 0 aliphatic carbocycles. The average Bonchev–Trinajstić information content (AvgIpc) is 3.00. The Kier molecular flexibility index (Phi) is 5.39. The van der Waals surface area contributed by atoms with Gasteiger partial charge in [-0.15, -0.1) is 0 Å². The Bertz CT molecular complexity index is 959. The van der Waals surface area contributed by atoms with Crippen molar-refractivity contribution in [2.24, 2.45) is 5.10 Å². The number of nitro benzene ring substituents is 2. The van der Waals surface area contributed by atoms with E-state index in [1.807, 2.05) is 19.9 Å². The molecule has 1 aliphatic heterocycles. The summed E-state index contributed by atoms with van der Waals surface area (Å²) >= 11 is 0. The summed E-state index contributed by atoms with van der Waals surface area (Å²) in [5.74, 6) is 1.38. The summed E-state index contributed by atoms with van der Waals surface area (Å²) in [6, 6.07) is 7.00. The number of hydrogen-bond acceptors (Lipinski definition) is 8. The maximum atomic E-state index is 11.2. The van der Waals surface area contributed by atoms with E-state index >= 15 is 0 Å². The summed E-state index contributed by atoms with van der Waals surface area (Å²) in [4.78, 5) is 20.6. The third-order valence-corrected chi connectivity index (χ3v) is 4.11. The lowest BCUT2D eigenvalue weighted by Gasteiger charge is -2.09. The van der Waals surface area contributed by atoms with Crippen LogP contribution in [0.3, 0.4) is 0 Å². The van der Waals surface area contributed by atoms with Gasteiger partial charge in [0.1, 0.15) is 23.3 Å². The minimum Gasteiger partial charge on any atom is -0.493 e. The molecule has 146 valence electrons. The standard InChI is InChI=1S/C18H18N4O6/c1-3-27-17-7-12-6-11(2)28-18(12)8-13(17)10-19-20-15-5-4-14(21(23)24)9-16(15)22(25)26/h4-5,7-11,20H,3,6H2,1-2H3/b19-10-/t11-/m0/s1. The molecule has 0 spiro atoms. The topological polar surface area (TPSA) is 129 Å². The zero-order valence-corrected chi connectivity index (χ0v) is 15.2. The van der Waals surface area contributed by atoms with E-state index in [9.17, 15) is 20.2 Å². The minimum absolute atomic E-state index is 0.0378. The van der Waals surface area contributed by atoms with Crippen LogP contribution < -0.4 is 14.9 Å². The molecule has 28 heavy (non-hydrogen) atoms. The van der Waals surface area contributed by atoms with Crippen molar-refractivity contribution in [3.8, 4) is 11.5 Å². The molecule has 0 fully saturated rings. The van der Waals surface area contributed by atoms with E-state index in [0.717, 1.165) is 23.8 Å². The van der Waals surface area contributed by atoms with Crippen LogP contribution >= 0.6 is 0 Å². The normalized spacial score (nSPS) is 15.1. The minimum atomic E-state index is -0.707. The molecular weight excluding hydrogens is 368 g/mol. The van der Waals surface area contributed by atoms with Gasteiger partial charge in [0.25, 0.3) is 5.69 Å². The first-order valence-electron chi connectivity index (χ1n) is 8.57. The van der Waals surface area contributed by atoms with Gasteiger partial charge in [0, 0.05) is 23.6 Å². The SMILES string of the molecule is CCOc1cc2c(cc1/C=N\Nc1ccc([N+](=O)[O-])cc1[N+](=O)[O-])O[C@@H](C)C2. The Morgan fingerprint density at radius 1 is 1.29 bits per heavy atom. The van der Waals surface area contributed by atoms with E-state index < -0.39 is 15.5 Å². The monoisotopic (exact) mass is 386 g/mol. The van der Waals surface area contributed by atoms with E-state index in [0.29, 0.717) is 17.9 Å². The lowest BCUT2D eigenvalue weighted by atomic mass is 10.1. The summed E-state index contributed by atoms with van der Waals surface area (Å²) in [7, 11) is 0. The molecule has 1 aliphatic rings. The van der Waals surface area contributed by atoms with Gasteiger partial charge < -0.3 is 9.47 Å². The van der Waals surface area contributed by atoms with Gasteiger partial charge in [-0.1, -0.05) is 0 Å². The molecule has 0 radical (unpaired) electrons. The van der Waals surface area contributed by atoms with Crippen LogP contribution in [0, 0.1) is 20.2 Å². The van der Waals surface area contributed by atoms with Crippen LogP contribution in [0.2, 0.25) is 0 Å². The van der Waals surface area contributed by atoms with Crippen LogP contribution in [0.15, 0.2) is 35.4 Å². The number of hydrazone groups is 1. The number of anilines is 1. The smallest absolute Gasteiger partial charge is 0.301 e. The molecule has 0 bridgehead atoms. The van der Waals surface area contributed by atoms with Gasteiger partial charge in [-0.3, -0.25) is 25.7 Å². The van der Waals surface area contributed by atoms with Gasteiger partial charge in [-0.2, -0.15) is 5.10 Å². The summed E-state index contributed by atoms with van der Waals surface area (Å²) in [6.45, 7) is 4.31. The number of ether oxygens (including phenoxy) is 2. The highest BCUT2D eigenvalue weighted by Crippen LogP contribution is 2.34. The van der Waals surface area contributed by atoms with Crippen LogP contribution in [0.1, 0.15) is 25.0 Å². The summed E-state index contributed by atoms with van der Waals surface area (Å²) < 4.78 is 11.4. The van der Waals surface area contributed by atoms with Crippen molar-refractivity contribution in [1.29, 1.82) is 0 Å². The Balaban J connectivity index is 1.86. The van der Waals surface area contributed by atoms with Crippen molar-refractivity contribution in [2.75, 3.05) is 12.0 Å². The van der Waals surface area contributed by atoms with Crippen LogP contribution in [-0.2, 0) is 6.42 Å². The molecule has 10 heteroatoms. The predicted octanol–water partition coefficient (Wildman–Crippen LogP) is 3.67. The highest BCUT2D eigenvalue weighted by Gasteiger charge is 2.22. The first kappa shape index (κ1) is 19.1. The van der Waals surface area contributed by atoms with Crippen molar-refractivity contribution in [2.45, 2.75) is 26.4 Å². The molecule has 0 saturated heterocycles. The maximum Gasteiger partial charge on any atom is 0.301 e. The second kappa shape index (κ2) is 7.91. The van der Waals surface area contributed by atoms with Crippen molar-refractivity contribution >= 4 is 23.3 Å². The molecule has 0 unspecified atom stereocenters. The van der Waals surface area contributed by atoms with Gasteiger partial charge in [-0.05, 0) is 32.0 Å². The molecule has 0 saturated carbocycles. The van der Waals surface area contributed by atoms with Gasteiger partial charge in [0.2, 0.25) is 0 Å². The molecular formula is C18H18N4O6. The first-order chi connectivity index (χ1) is 13.4. The van der Waals surface area contributed by atoms with Crippen LogP contribution in [-0.4, -0.2) is 28.8 Å². The molecule has 10 nitrogen and oxygen atoms in total. The second-order valence-electron chi connectivity index (χ2n) is 6.15. The lowest BCUT2D eigenvalue weighted by molar-refractivity contribution is -0.393. The van der Waals surface area contributed by atoms with E-state index in [4.69, 9.17) is 9.47 Å². The van der Waals surface area contributed by atoms with Crippen LogP contribution in [0.25, 0.3) is 0 Å². The summed E-state index contributed by atoms with van der Waals surface area (Å²) in [5.41, 5.74) is 3.48. The molecule has 0 aromatic heterocycles. The Labute approximate surface area is 160 Å². The number of rotatable bonds is 7. The molecule has 0 amide bonds. The van der Waals surface area contributed by atoms with E-state index in [-0.39, 0.29) is 17.5 Å². The van der Waals surface area contributed by atoms with E-state index in [2.05, 4.69) is 10.5 Å². The van der Waals surface area contributed by atoms with Crippen molar-refractivity contribution in [3.63, 3.8) is 0 Å². The number of nitro groups is 2. The zero-order chi connectivity index (χ0) is 20.3. The highest BCUT2D eigenvalue weighted by molar-refractivity contribution is 5.85. The number of nitrogens with one attached hydrogen (secondary N) is 1. The number of hydrogen-bond donors (Lipinski definition) is 1. The Morgan fingerprint density at radius 3 is 2.75 bits per heavy atom. The highest BCUT2D eigenvalue weighted by atomic mass is 16.6. The summed E-state index contributed by atoms with van der Waals surface area (Å²) in [5, 5.41) is 26.0. The maximum absolute atomic E-state index is 11.2. The fraction of sp³-hybridized carbons (Fsp3) is 0.278. The number of nitrogens with zero attached hydrogens (tertiary/aromatic N) is 3. The average molecular weight is 386 g/mol. The van der Waals surface area contributed by atoms with Gasteiger partial charge >= 0.3 is 5.69 Å². The number of benzene rings is 2. The van der Waals surface area contributed by atoms with Crippen LogP contribution in [0.5, 0.6) is 11.5 Å². The number of non-ortho nitro benzene ring substituents is 1. The molecule has 1 N–H and O–H groups in total. The van der Waals surface area contributed by atoms with Crippen molar-refractivity contribution in [3.05, 3.63) is 61.7 Å². The molecule has 1 atom stereocenters. The first-order valence-corrected chi connectivity index (χ1v) is 8.57. The Morgan fingerprint density at radius 2 is 2.07 bits per heavy atom. The summed E-state index contributed by atoms with van der Waals surface area (Å²) in [6.07, 6.45) is 2.33. The quantitative estimate of drug-likeness (QED) is 0.436. The van der Waals surface area contributed by atoms with Crippen molar-refractivity contribution < 1.29 is 19.3 Å². The van der Waals surface area contributed by atoms with Gasteiger partial charge in [0.15, 0.2) is 0 Å². The molecule has 1 heterocycles. The number of fused-ring (bicyclic) bond motifs is 1. The fourth-order valence-corrected chi connectivity index (χ4v) is 2.89.